The zero-order chi connectivity index (χ0) is 107. The van der Waals surface area contributed by atoms with Gasteiger partial charge < -0.3 is 29.2 Å². The van der Waals surface area contributed by atoms with E-state index in [4.69, 9.17) is 69.6 Å². The molecule has 4 bridgehead atoms. The molecular formula is C107H104EuI18N12O12+3. The third-order valence-electron chi connectivity index (χ3n) is 20.8. The number of halogens is 18. The first-order valence-corrected chi connectivity index (χ1v) is 152. The molecule has 0 saturated carbocycles. The molecule has 0 fully saturated rings. The maximum Gasteiger partial charge on any atom is 3.00 e. The summed E-state index contributed by atoms with van der Waals surface area (Å²) in [6.07, 6.45) is 23.4. The third kappa shape index (κ3) is 50.1. The van der Waals surface area contributed by atoms with Gasteiger partial charge in [-0.1, -0.05) is 66.9 Å². The molecule has 2 aliphatic rings. The minimum Gasteiger partial charge on any atom is 3.00 e. The van der Waals surface area contributed by atoms with Gasteiger partial charge in [-0.25, -0.2) is 24.7 Å². The van der Waals surface area contributed by atoms with Crippen molar-refractivity contribution < 1.29 is 107 Å². The number of benzene rings is 4. The fourth-order valence-electron chi connectivity index (χ4n) is 14.1. The summed E-state index contributed by atoms with van der Waals surface area (Å²) in [5.41, 5.74) is 12.1. The van der Waals surface area contributed by atoms with Crippen LogP contribution in [0, 0.1) is 146 Å². The summed E-state index contributed by atoms with van der Waals surface area (Å²) in [7, 11) is -3.13. The predicted molar refractivity (Wildman–Crippen MR) is 755 cm³/mol. The Morgan fingerprint density at radius 1 is 0.313 bits per heavy atom. The Bertz CT molecular complexity index is 6310. The van der Waals surface area contributed by atoms with Crippen LogP contribution in [-0.4, -0.2) is 196 Å². The van der Waals surface area contributed by atoms with Crippen LogP contribution in [0.2, 0.25) is 0 Å². The average molecular weight is 4190 g/mol. The van der Waals surface area contributed by atoms with Gasteiger partial charge in [0.1, 0.15) is 51.6 Å². The van der Waals surface area contributed by atoms with Crippen molar-refractivity contribution in [3.05, 3.63) is 295 Å². The van der Waals surface area contributed by atoms with Crippen molar-refractivity contribution in [1.29, 1.82) is 0 Å². The molecule has 0 unspecified atom stereocenters. The molecule has 8 heterocycles. The number of rotatable bonds is 35. The SMILES string of the molecule is C.C#CCCOc1ccc(C#Cc2cc(CN3CCN(CC(=O)O)Cc4cccc(n4)CN(Cc4cc(C#Cc5ccc(OCCC#C)cc5)cc(C(=O)O)n4)CC3)nc(C(C)=O)c2)cc1.C#CCCOc1ccc(C#Cc2cc(CN3CCN(CC(C)=O)Cc4cccc(n4)CN(Cc4cc(C#Cc5ccc(OCCC#C)cc5)cc(C(C)=O)n4)CC3)nc(C(C)=O)c2)cc1.II(I)I(I)I(I)I(I)I(I)I(I)I(I)I(I)I.[Eu+3]. The molecule has 24 nitrogen and oxygen atoms in total. The van der Waals surface area contributed by atoms with Crippen LogP contribution >= 0.6 is 249 Å². The Kier molecular flexibility index (Phi) is 66.1. The number of aliphatic carboxylic acids is 1. The van der Waals surface area contributed by atoms with Crippen molar-refractivity contribution in [2.75, 3.05) is 91.9 Å². The van der Waals surface area contributed by atoms with E-state index < -0.39 is 27.7 Å². The molecular weight excluding hydrogens is 4080 g/mol. The quantitative estimate of drug-likeness (QED) is 0.0162. The Labute approximate surface area is 1050 Å². The number of carboxylic acid groups (broad SMARTS) is 2. The number of Topliss-reactive ketones (excluding diaryl/α,β-unsaturated/α-hetero) is 4. The van der Waals surface area contributed by atoms with Crippen molar-refractivity contribution in [3.8, 4) is 120 Å². The van der Waals surface area contributed by atoms with E-state index in [-0.39, 0.29) is 158 Å². The summed E-state index contributed by atoms with van der Waals surface area (Å²) in [5, 5.41) is 19.9. The van der Waals surface area contributed by atoms with Crippen LogP contribution in [-0.2, 0) is 61.9 Å². The van der Waals surface area contributed by atoms with E-state index in [2.05, 4.69) is 287 Å². The fourth-order valence-corrected chi connectivity index (χ4v) is 2530. The van der Waals surface area contributed by atoms with Crippen molar-refractivity contribution in [2.45, 2.75) is 113 Å². The van der Waals surface area contributed by atoms with Gasteiger partial charge in [0.25, 0.3) is 0 Å². The van der Waals surface area contributed by atoms with Gasteiger partial charge in [-0.2, -0.15) is 0 Å². The number of carbonyl (C=O) groups is 6. The second kappa shape index (κ2) is 73.7. The number of terminal acetylenes is 4. The van der Waals surface area contributed by atoms with Gasteiger partial charge >= 0.3 is 311 Å². The van der Waals surface area contributed by atoms with E-state index in [0.29, 0.717) is 230 Å². The van der Waals surface area contributed by atoms with Crippen molar-refractivity contribution >= 4 is 284 Å². The number of carbonyl (C=O) groups excluding carboxylic acids is 4. The van der Waals surface area contributed by atoms with E-state index >= 15 is 0 Å². The average Bonchev–Trinajstić information content (AvgIpc) is 0.843. The number of pyridine rings is 6. The number of fused-ring (bicyclic) bond motifs is 4. The normalized spacial score (nSPS) is 13.6. The number of carboxylic acids is 2. The number of ketones is 4. The zero-order valence-electron chi connectivity index (χ0n) is 80.5. The largest absolute Gasteiger partial charge is 3.00 e. The first-order chi connectivity index (χ1) is 71.1. The molecule has 4 aromatic carbocycles. The van der Waals surface area contributed by atoms with Crippen LogP contribution < -0.4 is 18.9 Å². The number of nitrogens with zero attached hydrogens (tertiary/aromatic N) is 12. The summed E-state index contributed by atoms with van der Waals surface area (Å²) in [4.78, 5) is 116. The molecule has 2 aliphatic heterocycles. The Balaban J connectivity index is 0.000000310. The summed E-state index contributed by atoms with van der Waals surface area (Å²) in [6.45, 7) is 15.4. The van der Waals surface area contributed by atoms with E-state index in [1.54, 1.807) is 43.3 Å². The van der Waals surface area contributed by atoms with Gasteiger partial charge in [0.05, 0.1) is 85.1 Å². The van der Waals surface area contributed by atoms with Crippen LogP contribution in [0.5, 0.6) is 23.0 Å². The molecule has 0 amide bonds. The molecule has 0 saturated heterocycles. The number of aromatic nitrogens is 6. The maximum absolute atomic E-state index is 12.8. The van der Waals surface area contributed by atoms with Crippen molar-refractivity contribution in [2.24, 2.45) is 0 Å². The van der Waals surface area contributed by atoms with Gasteiger partial charge in [0, 0.05) is 196 Å². The topological polar surface area (TPSA) is 277 Å². The molecule has 6 aromatic heterocycles. The third-order valence-corrected chi connectivity index (χ3v) is 1180. The first-order valence-electron chi connectivity index (χ1n) is 44.9. The minimum absolute atomic E-state index is 0. The number of ether oxygens (including phenoxy) is 4. The maximum atomic E-state index is 12.8. The summed E-state index contributed by atoms with van der Waals surface area (Å²) in [6, 6.07) is 55.3. The molecule has 12 rings (SSSR count). The molecule has 794 valence electrons. The van der Waals surface area contributed by atoms with Crippen LogP contribution in [0.4, 0.5) is 0 Å². The monoisotopic (exact) mass is 4190 g/mol. The standard InChI is InChI=1S/C54H52N6O5.C52H48N6O7.CH4.Eu.I18/c1-6-8-29-64-51-21-17-43(18-22-51)13-15-45-31-49(56-53(33-45)41(4)62)38-58-25-27-59(35-40(3)61)36-47-11-10-12-48(55-47)37-60(28-26-58)39-50-32-46(34-54(57-50)42(5)63)16-14-44-19-23-52(24-20-44)65-30-9-7-2;1-4-6-27-64-47-19-15-39(16-20-47)11-13-41-29-45(54-49(31-41)38(3)59)35-56-23-25-57(33-43-9-8-10-44(53-43)34-58(26-24-56)37-51(60)61)36-46-30-42(32-50(55-46)52(62)63)14-12-40-17-21-48(22-18-40)65-28-7-5-2;;;1-11(2)13(5)15(7)17(9)18(10)16(8)14(6)12(3)4/h1-2,10-12,17-24,31-34H,8-9,25-30,35-39H2,3-5H3;1-2,8-10,15-22,29-32H,6-7,23-28,33-37H2,3H3,(H,60,61)(H,62,63);1H4;;/q;;;+3;. The van der Waals surface area contributed by atoms with E-state index in [9.17, 15) is 39.0 Å². The second-order valence-electron chi connectivity index (χ2n) is 32.2. The molecule has 43 heteroatoms. The molecule has 150 heavy (non-hydrogen) atoms. The van der Waals surface area contributed by atoms with E-state index in [1.165, 1.54) is 26.8 Å². The van der Waals surface area contributed by atoms with Gasteiger partial charge in [-0.05, 0) is 177 Å². The first kappa shape index (κ1) is 135. The van der Waals surface area contributed by atoms with E-state index in [1.807, 2.05) is 144 Å². The summed E-state index contributed by atoms with van der Waals surface area (Å²) in [5.74, 6) is 35.9. The van der Waals surface area contributed by atoms with Gasteiger partial charge in [0.15, 0.2) is 17.3 Å². The summed E-state index contributed by atoms with van der Waals surface area (Å²) < 4.78 is 22.6. The van der Waals surface area contributed by atoms with Crippen LogP contribution in [0.25, 0.3) is 0 Å². The Hall–Kier alpha value is -0.436. The molecule has 2 N–H and O–H groups in total. The smallest absolute Gasteiger partial charge is 3.00 e. The van der Waals surface area contributed by atoms with Gasteiger partial charge in [-0.3, -0.25) is 63.3 Å². The fraction of sp³-hybridized carbons (Fsp3) is 0.290. The zero-order valence-corrected chi connectivity index (χ0v) is 122. The van der Waals surface area contributed by atoms with Gasteiger partial charge in [-0.15, -0.1) is 49.4 Å². The number of hydrogen-bond acceptors (Lipinski definition) is 22. The van der Waals surface area contributed by atoms with Crippen molar-refractivity contribution in [1.82, 2.24) is 59.3 Å². The Morgan fingerprint density at radius 3 is 0.800 bits per heavy atom. The predicted octanol–water partition coefficient (Wildman–Crippen LogP) is 29.1. The van der Waals surface area contributed by atoms with Crippen LogP contribution in [0.15, 0.2) is 182 Å². The number of aromatic carboxylic acids is 1. The van der Waals surface area contributed by atoms with Gasteiger partial charge in [0.2, 0.25) is 0 Å². The van der Waals surface area contributed by atoms with Crippen LogP contribution in [0.3, 0.4) is 0 Å². The van der Waals surface area contributed by atoms with E-state index in [0.717, 1.165) is 45.0 Å². The molecule has 0 aliphatic carbocycles. The van der Waals surface area contributed by atoms with Crippen LogP contribution in [0.1, 0.15) is 193 Å². The molecule has 0 radical (unpaired) electrons. The van der Waals surface area contributed by atoms with Crippen molar-refractivity contribution in [3.63, 3.8) is 0 Å². The molecule has 0 atom stereocenters. The second-order valence-corrected chi connectivity index (χ2v) is 422. The molecule has 10 aromatic rings. The Morgan fingerprint density at radius 2 is 0.547 bits per heavy atom. The molecule has 0 spiro atoms. The summed E-state index contributed by atoms with van der Waals surface area (Å²) >= 11 is 30.0. The minimum atomic E-state index is -1.17. The number of hydrogen-bond donors (Lipinski definition) is 2.